The Labute approximate surface area is 290 Å². The standard InChI is InChI=1S/C19H29NO3.C16H26O2.3C2H6/c1-8-19(6,9-2)14-10-11-15(13(3)12-14)16(21)20(7)18(4,5)17(22)23;1-7-9-10-11-13(8-2)14(17)12-16(6,18)15(3,4)5;3*1-2/h10-12H,8-9H2,1-7H3,(H,22,23);7-11,18H,12H2,1-6H3;3*1-2H3/b;9-7-,11-10-,13-8-;;;. The fourth-order valence-electron chi connectivity index (χ4n) is 3.82. The van der Waals surface area contributed by atoms with Crippen LogP contribution in [0.3, 0.4) is 0 Å². The second-order valence-corrected chi connectivity index (χ2v) is 12.8. The first kappa shape index (κ1) is 50.9. The first-order valence-corrected chi connectivity index (χ1v) is 17.5. The van der Waals surface area contributed by atoms with Crippen LogP contribution in [0.1, 0.15) is 158 Å². The highest BCUT2D eigenvalue weighted by Gasteiger charge is 2.38. The smallest absolute Gasteiger partial charge is 0.329 e. The van der Waals surface area contributed by atoms with Crippen LogP contribution in [0.2, 0.25) is 0 Å². The summed E-state index contributed by atoms with van der Waals surface area (Å²) in [5.74, 6) is -1.32. The summed E-state index contributed by atoms with van der Waals surface area (Å²) in [7, 11) is 1.53. The van der Waals surface area contributed by atoms with Crippen molar-refractivity contribution in [2.75, 3.05) is 7.05 Å². The number of hydrogen-bond donors (Lipinski definition) is 2. The molecule has 1 aromatic rings. The molecule has 0 saturated carbocycles. The van der Waals surface area contributed by atoms with E-state index in [1.165, 1.54) is 31.4 Å². The number of benzene rings is 1. The van der Waals surface area contributed by atoms with Crippen molar-refractivity contribution >= 4 is 17.7 Å². The number of aliphatic hydroxyl groups is 1. The van der Waals surface area contributed by atoms with Crippen molar-refractivity contribution in [3.63, 3.8) is 0 Å². The van der Waals surface area contributed by atoms with E-state index in [1.807, 2.05) is 113 Å². The summed E-state index contributed by atoms with van der Waals surface area (Å²) in [5, 5.41) is 19.6. The number of likely N-dealkylation sites (N-methyl/N-ethyl adjacent to an activating group) is 1. The van der Waals surface area contributed by atoms with Gasteiger partial charge >= 0.3 is 5.97 Å². The maximum absolute atomic E-state index is 12.7. The summed E-state index contributed by atoms with van der Waals surface area (Å²) in [5.41, 5.74) is 0.812. The molecule has 6 nitrogen and oxygen atoms in total. The third-order valence-electron chi connectivity index (χ3n) is 8.71. The normalized spacial score (nSPS) is 13.0. The van der Waals surface area contributed by atoms with Gasteiger partial charge in [-0.3, -0.25) is 9.59 Å². The fraction of sp³-hybridized carbons (Fsp3) is 0.634. The number of ketones is 1. The number of nitrogens with zero attached hydrogens (tertiary/aromatic N) is 1. The summed E-state index contributed by atoms with van der Waals surface area (Å²) < 4.78 is 0. The van der Waals surface area contributed by atoms with Gasteiger partial charge in [-0.25, -0.2) is 4.79 Å². The van der Waals surface area contributed by atoms with Crippen molar-refractivity contribution in [1.82, 2.24) is 4.90 Å². The zero-order chi connectivity index (χ0) is 38.4. The molecule has 0 saturated heterocycles. The Morgan fingerprint density at radius 2 is 1.30 bits per heavy atom. The van der Waals surface area contributed by atoms with E-state index in [9.17, 15) is 24.6 Å². The number of carbonyl (C=O) groups is 3. The van der Waals surface area contributed by atoms with Crippen molar-refractivity contribution in [2.45, 2.75) is 160 Å². The van der Waals surface area contributed by atoms with Gasteiger partial charge in [-0.05, 0) is 82.4 Å². The molecule has 0 aliphatic rings. The second kappa shape index (κ2) is 24.2. The Bertz CT molecular complexity index is 1140. The number of carbonyl (C=O) groups excluding carboxylic acids is 2. The quantitative estimate of drug-likeness (QED) is 0.182. The van der Waals surface area contributed by atoms with Crippen molar-refractivity contribution in [3.05, 3.63) is 70.8 Å². The summed E-state index contributed by atoms with van der Waals surface area (Å²) in [6.45, 7) is 34.8. The number of allylic oxidation sites excluding steroid dienone is 6. The fourth-order valence-corrected chi connectivity index (χ4v) is 3.82. The number of rotatable bonds is 11. The first-order chi connectivity index (χ1) is 21.7. The van der Waals surface area contributed by atoms with E-state index in [-0.39, 0.29) is 28.9 Å². The lowest BCUT2D eigenvalue weighted by atomic mass is 9.74. The van der Waals surface area contributed by atoms with Crippen LogP contribution in [0.5, 0.6) is 0 Å². The molecule has 1 atom stereocenters. The lowest BCUT2D eigenvalue weighted by Gasteiger charge is -2.36. The SMILES string of the molecule is CC.CC.CC.CCC(C)(CC)c1ccc(C(=O)N(C)C(C)(C)C(=O)O)c(C)c1.C\C=C/C=C\C(=C\C)C(=O)CC(C)(O)C(C)(C)C. The Hall–Kier alpha value is -2.99. The molecule has 1 rings (SSSR count). The van der Waals surface area contributed by atoms with Crippen molar-refractivity contribution in [3.8, 4) is 0 Å². The van der Waals surface area contributed by atoms with Gasteiger partial charge in [-0.15, -0.1) is 0 Å². The molecule has 1 amide bonds. The number of hydrogen-bond acceptors (Lipinski definition) is 4. The minimum Gasteiger partial charge on any atom is -0.480 e. The monoisotopic (exact) mass is 660 g/mol. The van der Waals surface area contributed by atoms with Gasteiger partial charge in [0.1, 0.15) is 5.54 Å². The summed E-state index contributed by atoms with van der Waals surface area (Å²) in [4.78, 5) is 37.4. The molecular weight excluding hydrogens is 586 g/mol. The van der Waals surface area contributed by atoms with Crippen LogP contribution in [0, 0.1) is 12.3 Å². The largest absolute Gasteiger partial charge is 0.480 e. The van der Waals surface area contributed by atoms with Gasteiger partial charge in [0.05, 0.1) is 5.60 Å². The predicted octanol–water partition coefficient (Wildman–Crippen LogP) is 10.9. The Kier molecular flexibility index (Phi) is 26.2. The van der Waals surface area contributed by atoms with Gasteiger partial charge < -0.3 is 15.1 Å². The van der Waals surface area contributed by atoms with Gasteiger partial charge in [0.15, 0.2) is 5.78 Å². The number of carboxylic acids is 1. The van der Waals surface area contributed by atoms with E-state index in [2.05, 4.69) is 26.8 Å². The van der Waals surface area contributed by atoms with Gasteiger partial charge in [0.2, 0.25) is 0 Å². The highest BCUT2D eigenvalue weighted by Crippen LogP contribution is 2.34. The Balaban J connectivity index is -0.000000346. The number of carboxylic acid groups (broad SMARTS) is 1. The Morgan fingerprint density at radius 3 is 1.64 bits per heavy atom. The Morgan fingerprint density at radius 1 is 0.830 bits per heavy atom. The molecule has 0 radical (unpaired) electrons. The molecule has 1 unspecified atom stereocenters. The molecule has 0 spiro atoms. The van der Waals surface area contributed by atoms with Crippen LogP contribution < -0.4 is 0 Å². The summed E-state index contributed by atoms with van der Waals surface area (Å²) in [6, 6.07) is 5.88. The van der Waals surface area contributed by atoms with E-state index in [1.54, 1.807) is 19.1 Å². The average molecular weight is 660 g/mol. The maximum atomic E-state index is 12.7. The van der Waals surface area contributed by atoms with Crippen molar-refractivity contribution < 1.29 is 24.6 Å². The third kappa shape index (κ3) is 16.1. The van der Waals surface area contributed by atoms with Crippen molar-refractivity contribution in [1.29, 1.82) is 0 Å². The predicted molar refractivity (Wildman–Crippen MR) is 204 cm³/mol. The number of aliphatic carboxylic acids is 1. The molecule has 0 bridgehead atoms. The van der Waals surface area contributed by atoms with E-state index in [4.69, 9.17) is 0 Å². The molecule has 6 heteroatoms. The summed E-state index contributed by atoms with van der Waals surface area (Å²) in [6.07, 6.45) is 11.4. The molecule has 2 N–H and O–H groups in total. The van der Waals surface area contributed by atoms with Gasteiger partial charge in [-0.2, -0.15) is 0 Å². The average Bonchev–Trinajstić information content (AvgIpc) is 3.04. The lowest BCUT2D eigenvalue weighted by molar-refractivity contribution is -0.147. The zero-order valence-electron chi connectivity index (χ0n) is 33.8. The van der Waals surface area contributed by atoms with Gasteiger partial charge in [0, 0.05) is 24.6 Å². The molecule has 0 aromatic heterocycles. The van der Waals surface area contributed by atoms with Crippen LogP contribution in [-0.2, 0) is 15.0 Å². The van der Waals surface area contributed by atoms with E-state index in [0.29, 0.717) is 11.1 Å². The topological polar surface area (TPSA) is 94.9 Å². The second-order valence-electron chi connectivity index (χ2n) is 12.8. The molecule has 272 valence electrons. The molecule has 0 aliphatic heterocycles. The van der Waals surface area contributed by atoms with Crippen LogP contribution in [-0.4, -0.2) is 51.0 Å². The number of aryl methyl sites for hydroxylation is 1. The number of amides is 1. The van der Waals surface area contributed by atoms with Crippen LogP contribution in [0.15, 0.2) is 54.2 Å². The van der Waals surface area contributed by atoms with Crippen LogP contribution >= 0.6 is 0 Å². The molecule has 47 heavy (non-hydrogen) atoms. The van der Waals surface area contributed by atoms with Gasteiger partial charge in [0.25, 0.3) is 5.91 Å². The molecule has 1 aromatic carbocycles. The molecular formula is C41H73NO5. The van der Waals surface area contributed by atoms with E-state index >= 15 is 0 Å². The van der Waals surface area contributed by atoms with Gasteiger partial charge in [-0.1, -0.05) is 126 Å². The minimum atomic E-state index is -1.25. The van der Waals surface area contributed by atoms with Crippen LogP contribution in [0.25, 0.3) is 0 Å². The maximum Gasteiger partial charge on any atom is 0.329 e. The minimum absolute atomic E-state index is 0.0295. The molecule has 0 heterocycles. The van der Waals surface area contributed by atoms with E-state index in [0.717, 1.165) is 18.4 Å². The zero-order valence-corrected chi connectivity index (χ0v) is 33.8. The van der Waals surface area contributed by atoms with E-state index < -0.39 is 17.1 Å². The third-order valence-corrected chi connectivity index (χ3v) is 8.71. The highest BCUT2D eigenvalue weighted by atomic mass is 16.4. The number of Topliss-reactive ketones (excluding diaryl/α,β-unsaturated/α-hetero) is 1. The highest BCUT2D eigenvalue weighted by molar-refractivity contribution is 5.99. The first-order valence-electron chi connectivity index (χ1n) is 17.5. The molecule has 0 fully saturated rings. The summed E-state index contributed by atoms with van der Waals surface area (Å²) >= 11 is 0. The lowest BCUT2D eigenvalue weighted by Crippen LogP contribution is -2.50. The van der Waals surface area contributed by atoms with Crippen molar-refractivity contribution in [2.24, 2.45) is 5.41 Å². The molecule has 0 aliphatic carbocycles. The van der Waals surface area contributed by atoms with Crippen LogP contribution in [0.4, 0.5) is 0 Å².